The van der Waals surface area contributed by atoms with Crippen LogP contribution in [-0.4, -0.2) is 74.1 Å². The molecule has 0 bridgehead atoms. The number of carbonyl (C=O) groups is 3. The third-order valence-electron chi connectivity index (χ3n) is 5.46. The van der Waals surface area contributed by atoms with Crippen molar-refractivity contribution in [2.45, 2.75) is 26.7 Å². The second kappa shape index (κ2) is 9.82. The minimum absolute atomic E-state index is 0.0169. The van der Waals surface area contributed by atoms with E-state index in [0.717, 1.165) is 11.4 Å². The smallest absolute Gasteiger partial charge is 0.409 e. The van der Waals surface area contributed by atoms with Crippen molar-refractivity contribution < 1.29 is 23.9 Å². The van der Waals surface area contributed by atoms with Crippen LogP contribution in [0.15, 0.2) is 24.3 Å². The number of ether oxygens (including phenoxy) is 2. The minimum Gasteiger partial charge on any atom is -0.497 e. The zero-order chi connectivity index (χ0) is 21.7. The highest BCUT2D eigenvalue weighted by atomic mass is 16.6. The number of hydrogen-bond acceptors (Lipinski definition) is 5. The van der Waals surface area contributed by atoms with Gasteiger partial charge >= 0.3 is 6.09 Å². The predicted molar refractivity (Wildman–Crippen MR) is 112 cm³/mol. The van der Waals surface area contributed by atoms with Gasteiger partial charge in [-0.25, -0.2) is 4.79 Å². The van der Waals surface area contributed by atoms with Crippen LogP contribution >= 0.6 is 0 Å². The van der Waals surface area contributed by atoms with Gasteiger partial charge in [-0.05, 0) is 36.6 Å². The molecule has 2 aliphatic rings. The maximum Gasteiger partial charge on any atom is 0.409 e. The molecule has 1 aromatic carbocycles. The van der Waals surface area contributed by atoms with Crippen LogP contribution in [0.3, 0.4) is 0 Å². The van der Waals surface area contributed by atoms with Gasteiger partial charge in [0.15, 0.2) is 0 Å². The van der Waals surface area contributed by atoms with Gasteiger partial charge in [-0.1, -0.05) is 13.8 Å². The highest BCUT2D eigenvalue weighted by Gasteiger charge is 2.37. The molecule has 0 radical (unpaired) electrons. The zero-order valence-electron chi connectivity index (χ0n) is 18.0. The molecule has 3 amide bonds. The fraction of sp³-hybridized carbons (Fsp3) is 0.591. The number of methoxy groups -OCH3 is 1. The maximum atomic E-state index is 13.1. The molecule has 0 saturated carbocycles. The van der Waals surface area contributed by atoms with E-state index in [1.54, 1.807) is 33.9 Å². The van der Waals surface area contributed by atoms with Crippen LogP contribution < -0.4 is 9.64 Å². The molecule has 2 heterocycles. The molecule has 0 spiro atoms. The number of nitrogens with zero attached hydrogens (tertiary/aromatic N) is 3. The van der Waals surface area contributed by atoms with E-state index in [2.05, 4.69) is 0 Å². The van der Waals surface area contributed by atoms with Crippen molar-refractivity contribution >= 4 is 23.6 Å². The number of anilines is 1. The van der Waals surface area contributed by atoms with Gasteiger partial charge in [0.1, 0.15) is 5.75 Å². The average molecular weight is 418 g/mol. The second-order valence-electron chi connectivity index (χ2n) is 8.24. The fourth-order valence-corrected chi connectivity index (χ4v) is 3.79. The van der Waals surface area contributed by atoms with E-state index >= 15 is 0 Å². The van der Waals surface area contributed by atoms with E-state index in [4.69, 9.17) is 9.47 Å². The van der Waals surface area contributed by atoms with Crippen molar-refractivity contribution in [3.05, 3.63) is 24.3 Å². The first-order valence-corrected chi connectivity index (χ1v) is 10.5. The highest BCUT2D eigenvalue weighted by molar-refractivity contribution is 6.00. The Morgan fingerprint density at radius 1 is 1.07 bits per heavy atom. The van der Waals surface area contributed by atoms with E-state index in [1.165, 1.54) is 0 Å². The quantitative estimate of drug-likeness (QED) is 0.735. The lowest BCUT2D eigenvalue weighted by Crippen LogP contribution is -2.41. The Hall–Kier alpha value is -2.77. The predicted octanol–water partition coefficient (Wildman–Crippen LogP) is 2.38. The largest absolute Gasteiger partial charge is 0.497 e. The van der Waals surface area contributed by atoms with Crippen molar-refractivity contribution in [2.75, 3.05) is 51.3 Å². The maximum absolute atomic E-state index is 13.1. The van der Waals surface area contributed by atoms with Crippen molar-refractivity contribution in [2.24, 2.45) is 11.8 Å². The Bertz CT molecular complexity index is 765. The van der Waals surface area contributed by atoms with Gasteiger partial charge < -0.3 is 24.2 Å². The highest BCUT2D eigenvalue weighted by Crippen LogP contribution is 2.28. The molecular weight excluding hydrogens is 386 g/mol. The molecule has 1 atom stereocenters. The lowest BCUT2D eigenvalue weighted by atomic mass is 10.1. The van der Waals surface area contributed by atoms with Crippen molar-refractivity contribution in [3.8, 4) is 5.75 Å². The van der Waals surface area contributed by atoms with E-state index in [0.29, 0.717) is 45.8 Å². The van der Waals surface area contributed by atoms with Gasteiger partial charge in [0.25, 0.3) is 0 Å². The van der Waals surface area contributed by atoms with Gasteiger partial charge in [-0.2, -0.15) is 0 Å². The van der Waals surface area contributed by atoms with Crippen LogP contribution in [0.2, 0.25) is 0 Å². The lowest BCUT2D eigenvalue weighted by molar-refractivity contribution is -0.135. The summed E-state index contributed by atoms with van der Waals surface area (Å²) in [5.41, 5.74) is 0.769. The Labute approximate surface area is 177 Å². The molecule has 2 saturated heterocycles. The van der Waals surface area contributed by atoms with Gasteiger partial charge in [0, 0.05) is 44.8 Å². The molecule has 164 valence electrons. The normalized spacial score (nSPS) is 19.8. The van der Waals surface area contributed by atoms with E-state index in [9.17, 15) is 14.4 Å². The molecule has 2 fully saturated rings. The number of amides is 3. The Morgan fingerprint density at radius 2 is 1.73 bits per heavy atom. The van der Waals surface area contributed by atoms with Crippen molar-refractivity contribution in [1.29, 1.82) is 0 Å². The summed E-state index contributed by atoms with van der Waals surface area (Å²) in [6, 6.07) is 7.27. The molecular formula is C22H31N3O5. The molecule has 8 heteroatoms. The van der Waals surface area contributed by atoms with Gasteiger partial charge in [0.05, 0.1) is 19.6 Å². The average Bonchev–Trinajstić information content (AvgIpc) is 2.97. The summed E-state index contributed by atoms with van der Waals surface area (Å²) in [4.78, 5) is 42.9. The zero-order valence-corrected chi connectivity index (χ0v) is 18.0. The molecule has 0 aliphatic carbocycles. The van der Waals surface area contributed by atoms with E-state index < -0.39 is 0 Å². The van der Waals surface area contributed by atoms with Crippen LogP contribution in [-0.2, 0) is 14.3 Å². The summed E-state index contributed by atoms with van der Waals surface area (Å²) in [7, 11) is 1.59. The van der Waals surface area contributed by atoms with Crippen molar-refractivity contribution in [3.63, 3.8) is 0 Å². The summed E-state index contributed by atoms with van der Waals surface area (Å²) in [5, 5.41) is 0. The molecule has 3 rings (SSSR count). The SMILES string of the molecule is COc1ccc(N2CC(C(=O)N3CCCN(C(=O)OCC(C)C)CC3)CC2=O)cc1. The second-order valence-corrected chi connectivity index (χ2v) is 8.24. The van der Waals surface area contributed by atoms with Crippen LogP contribution in [0, 0.1) is 11.8 Å². The Kier molecular flexibility index (Phi) is 7.18. The number of rotatable bonds is 5. The minimum atomic E-state index is -0.362. The topological polar surface area (TPSA) is 79.4 Å². The summed E-state index contributed by atoms with van der Waals surface area (Å²) in [6.45, 7) is 6.82. The van der Waals surface area contributed by atoms with Gasteiger partial charge in [-0.3, -0.25) is 9.59 Å². The summed E-state index contributed by atoms with van der Waals surface area (Å²) in [6.07, 6.45) is 0.590. The van der Waals surface area contributed by atoms with E-state index in [1.807, 2.05) is 26.0 Å². The van der Waals surface area contributed by atoms with Gasteiger partial charge in [-0.15, -0.1) is 0 Å². The van der Waals surface area contributed by atoms with Crippen LogP contribution in [0.5, 0.6) is 5.75 Å². The van der Waals surface area contributed by atoms with Gasteiger partial charge in [0.2, 0.25) is 11.8 Å². The van der Waals surface area contributed by atoms with Crippen LogP contribution in [0.25, 0.3) is 0 Å². The van der Waals surface area contributed by atoms with E-state index in [-0.39, 0.29) is 36.2 Å². The first kappa shape index (κ1) is 21.9. The molecule has 2 aliphatic heterocycles. The number of hydrogen-bond donors (Lipinski definition) is 0. The molecule has 0 N–H and O–H groups in total. The molecule has 30 heavy (non-hydrogen) atoms. The molecule has 0 aromatic heterocycles. The Morgan fingerprint density at radius 3 is 2.40 bits per heavy atom. The fourth-order valence-electron chi connectivity index (χ4n) is 3.79. The lowest BCUT2D eigenvalue weighted by Gasteiger charge is -2.24. The van der Waals surface area contributed by atoms with Crippen molar-refractivity contribution in [1.82, 2.24) is 9.80 Å². The molecule has 8 nitrogen and oxygen atoms in total. The standard InChI is InChI=1S/C22H31N3O5/c1-16(2)15-30-22(28)24-10-4-9-23(11-12-24)21(27)17-13-20(26)25(14-17)18-5-7-19(29-3)8-6-18/h5-8,16-17H,4,9-15H2,1-3H3. The van der Waals surface area contributed by atoms with Crippen LogP contribution in [0.4, 0.5) is 10.5 Å². The molecule has 1 aromatic rings. The number of benzene rings is 1. The first-order valence-electron chi connectivity index (χ1n) is 10.5. The Balaban J connectivity index is 1.56. The molecule has 1 unspecified atom stereocenters. The number of carbonyl (C=O) groups excluding carboxylic acids is 3. The summed E-state index contributed by atoms with van der Waals surface area (Å²) >= 11 is 0. The van der Waals surface area contributed by atoms with Crippen LogP contribution in [0.1, 0.15) is 26.7 Å². The third-order valence-corrected chi connectivity index (χ3v) is 5.46. The first-order chi connectivity index (χ1) is 14.4. The third kappa shape index (κ3) is 5.23. The monoisotopic (exact) mass is 417 g/mol. The summed E-state index contributed by atoms with van der Waals surface area (Å²) in [5.74, 6) is 0.578. The summed E-state index contributed by atoms with van der Waals surface area (Å²) < 4.78 is 10.5.